The summed E-state index contributed by atoms with van der Waals surface area (Å²) in [5.41, 5.74) is 1.67. The molecule has 4 atom stereocenters. The Labute approximate surface area is 230 Å². The minimum atomic E-state index is -1.53. The molecular weight excluding hydrogens is 510 g/mol. The van der Waals surface area contributed by atoms with Crippen LogP contribution < -0.4 is 20.4 Å². The number of benzene rings is 3. The molecule has 1 saturated carbocycles. The van der Waals surface area contributed by atoms with E-state index in [2.05, 4.69) is 22.8 Å². The number of fused-ring (bicyclic) bond motifs is 3. The van der Waals surface area contributed by atoms with E-state index in [9.17, 15) is 24.5 Å². The molecule has 10 heteroatoms. The van der Waals surface area contributed by atoms with Gasteiger partial charge in [-0.1, -0.05) is 48.6 Å². The zero-order valence-electron chi connectivity index (χ0n) is 21.5. The number of hydrogen-bond donors (Lipinski definition) is 2. The summed E-state index contributed by atoms with van der Waals surface area (Å²) in [4.78, 5) is 55.0. The molecule has 0 saturated heterocycles. The number of carbonyl (C=O) groups is 3. The molecule has 6 rings (SSSR count). The summed E-state index contributed by atoms with van der Waals surface area (Å²) in [6.45, 7) is 0.419. The summed E-state index contributed by atoms with van der Waals surface area (Å²) >= 11 is 0. The van der Waals surface area contributed by atoms with E-state index in [1.54, 1.807) is 35.2 Å². The summed E-state index contributed by atoms with van der Waals surface area (Å²) in [6, 6.07) is 19.3. The van der Waals surface area contributed by atoms with Gasteiger partial charge >= 0.3 is 6.03 Å². The highest BCUT2D eigenvalue weighted by molar-refractivity contribution is 6.24. The second-order valence-corrected chi connectivity index (χ2v) is 10.3. The second kappa shape index (κ2) is 10.3. The van der Waals surface area contributed by atoms with Crippen molar-refractivity contribution in [2.45, 2.75) is 18.9 Å². The molecule has 1 aliphatic heterocycles. The predicted octanol–water partition coefficient (Wildman–Crippen LogP) is 5.01. The SMILES string of the molecule is O=C(Nc1cccc([N+](=O)[O-])c1)NC1C(=O)N(CC2CC3C=CC2C3)c2ccccc2N(c2ccccc2)C1=O. The van der Waals surface area contributed by atoms with Crippen LogP contribution >= 0.6 is 0 Å². The quantitative estimate of drug-likeness (QED) is 0.198. The Kier molecular flexibility index (Phi) is 6.51. The number of para-hydroxylation sites is 3. The van der Waals surface area contributed by atoms with E-state index >= 15 is 0 Å². The fraction of sp³-hybridized carbons (Fsp3) is 0.233. The molecule has 3 aromatic carbocycles. The van der Waals surface area contributed by atoms with E-state index in [-0.39, 0.29) is 17.3 Å². The summed E-state index contributed by atoms with van der Waals surface area (Å²) in [6.07, 6.45) is 6.49. The summed E-state index contributed by atoms with van der Waals surface area (Å²) < 4.78 is 0. The van der Waals surface area contributed by atoms with Crippen LogP contribution in [0.1, 0.15) is 12.8 Å². The van der Waals surface area contributed by atoms with Crippen LogP contribution in [0.2, 0.25) is 0 Å². The average Bonchev–Trinajstić information content (AvgIpc) is 3.57. The van der Waals surface area contributed by atoms with Crippen molar-refractivity contribution in [1.29, 1.82) is 0 Å². The molecule has 1 heterocycles. The molecule has 4 unspecified atom stereocenters. The van der Waals surface area contributed by atoms with Gasteiger partial charge < -0.3 is 15.5 Å². The maximum atomic E-state index is 14.1. The molecule has 3 aromatic rings. The number of nitro benzene ring substituents is 1. The highest BCUT2D eigenvalue weighted by Crippen LogP contribution is 2.45. The van der Waals surface area contributed by atoms with E-state index in [0.717, 1.165) is 12.8 Å². The molecule has 3 aliphatic rings. The van der Waals surface area contributed by atoms with Crippen molar-refractivity contribution in [1.82, 2.24) is 5.32 Å². The van der Waals surface area contributed by atoms with Gasteiger partial charge in [0.25, 0.3) is 17.5 Å². The van der Waals surface area contributed by atoms with Crippen molar-refractivity contribution in [3.63, 3.8) is 0 Å². The molecule has 4 amide bonds. The number of carbonyl (C=O) groups excluding carboxylic acids is 3. The second-order valence-electron chi connectivity index (χ2n) is 10.3. The first-order chi connectivity index (χ1) is 19.4. The third kappa shape index (κ3) is 4.68. The Hall–Kier alpha value is -4.99. The molecule has 1 fully saturated rings. The minimum absolute atomic E-state index is 0.161. The topological polar surface area (TPSA) is 125 Å². The zero-order valence-corrected chi connectivity index (χ0v) is 21.5. The highest BCUT2D eigenvalue weighted by atomic mass is 16.6. The number of nitrogens with one attached hydrogen (secondary N) is 2. The van der Waals surface area contributed by atoms with E-state index in [1.165, 1.54) is 29.2 Å². The summed E-state index contributed by atoms with van der Waals surface area (Å²) in [5.74, 6) is -0.0168. The monoisotopic (exact) mass is 537 g/mol. The lowest BCUT2D eigenvalue weighted by Gasteiger charge is -2.30. The fourth-order valence-electron chi connectivity index (χ4n) is 6.00. The van der Waals surface area contributed by atoms with E-state index in [4.69, 9.17) is 0 Å². The first kappa shape index (κ1) is 25.3. The maximum absolute atomic E-state index is 14.1. The number of rotatable bonds is 6. The van der Waals surface area contributed by atoms with Crippen LogP contribution in [0, 0.1) is 27.9 Å². The van der Waals surface area contributed by atoms with Crippen LogP contribution in [0.5, 0.6) is 0 Å². The zero-order chi connectivity index (χ0) is 27.8. The Morgan fingerprint density at radius 1 is 0.900 bits per heavy atom. The smallest absolute Gasteiger partial charge is 0.318 e. The van der Waals surface area contributed by atoms with Gasteiger partial charge in [0.05, 0.1) is 16.3 Å². The number of urea groups is 1. The van der Waals surface area contributed by atoms with Crippen molar-refractivity contribution in [3.05, 3.63) is 101 Å². The maximum Gasteiger partial charge on any atom is 0.320 e. The van der Waals surface area contributed by atoms with Crippen molar-refractivity contribution < 1.29 is 19.3 Å². The molecule has 10 nitrogen and oxygen atoms in total. The summed E-state index contributed by atoms with van der Waals surface area (Å²) in [7, 11) is 0. The minimum Gasteiger partial charge on any atom is -0.318 e. The van der Waals surface area contributed by atoms with Gasteiger partial charge in [-0.05, 0) is 60.9 Å². The molecular formula is C30H27N5O5. The largest absolute Gasteiger partial charge is 0.320 e. The molecule has 0 spiro atoms. The van der Waals surface area contributed by atoms with E-state index in [1.807, 2.05) is 24.3 Å². The number of nitro groups is 1. The van der Waals surface area contributed by atoms with Crippen molar-refractivity contribution in [3.8, 4) is 0 Å². The molecule has 2 bridgehead atoms. The summed E-state index contributed by atoms with van der Waals surface area (Å²) in [5, 5.41) is 16.2. The number of anilines is 4. The van der Waals surface area contributed by atoms with Crippen LogP contribution in [0.4, 0.5) is 33.2 Å². The van der Waals surface area contributed by atoms with Crippen LogP contribution in [0.25, 0.3) is 0 Å². The van der Waals surface area contributed by atoms with Crippen LogP contribution in [-0.4, -0.2) is 35.4 Å². The number of allylic oxidation sites excluding steroid dienone is 2. The first-order valence-electron chi connectivity index (χ1n) is 13.2. The average molecular weight is 538 g/mol. The van der Waals surface area contributed by atoms with E-state index < -0.39 is 28.8 Å². The van der Waals surface area contributed by atoms with Crippen molar-refractivity contribution in [2.75, 3.05) is 21.7 Å². The number of nitrogens with zero attached hydrogens (tertiary/aromatic N) is 3. The lowest BCUT2D eigenvalue weighted by atomic mass is 9.92. The predicted molar refractivity (Wildman–Crippen MR) is 150 cm³/mol. The van der Waals surface area contributed by atoms with Crippen molar-refractivity contribution in [2.24, 2.45) is 17.8 Å². The van der Waals surface area contributed by atoms with Gasteiger partial charge in [0.2, 0.25) is 0 Å². The Bertz CT molecular complexity index is 1520. The van der Waals surface area contributed by atoms with Gasteiger partial charge in [-0.2, -0.15) is 0 Å². The molecule has 0 aromatic heterocycles. The first-order valence-corrected chi connectivity index (χ1v) is 13.2. The van der Waals surface area contributed by atoms with Gasteiger partial charge in [0.15, 0.2) is 6.04 Å². The van der Waals surface area contributed by atoms with Gasteiger partial charge in [-0.3, -0.25) is 24.6 Å². The number of non-ortho nitro benzene ring substituents is 1. The molecule has 0 radical (unpaired) electrons. The normalized spacial score (nSPS) is 23.1. The van der Waals surface area contributed by atoms with Gasteiger partial charge in [-0.15, -0.1) is 0 Å². The Morgan fingerprint density at radius 2 is 1.65 bits per heavy atom. The third-order valence-electron chi connectivity index (χ3n) is 7.83. The van der Waals surface area contributed by atoms with E-state index in [0.29, 0.717) is 35.4 Å². The highest BCUT2D eigenvalue weighted by Gasteiger charge is 2.44. The lowest BCUT2D eigenvalue weighted by molar-refractivity contribution is -0.384. The molecule has 2 N–H and O–H groups in total. The Morgan fingerprint density at radius 3 is 2.35 bits per heavy atom. The van der Waals surface area contributed by atoms with Crippen molar-refractivity contribution >= 4 is 46.3 Å². The van der Waals surface area contributed by atoms with Gasteiger partial charge in [-0.25, -0.2) is 4.79 Å². The molecule has 202 valence electrons. The van der Waals surface area contributed by atoms with Gasteiger partial charge in [0, 0.05) is 30.1 Å². The number of amides is 4. The molecule has 2 aliphatic carbocycles. The molecule has 40 heavy (non-hydrogen) atoms. The lowest BCUT2D eigenvalue weighted by Crippen LogP contribution is -2.56. The Balaban J connectivity index is 1.36. The van der Waals surface area contributed by atoms with Crippen LogP contribution in [-0.2, 0) is 9.59 Å². The third-order valence-corrected chi connectivity index (χ3v) is 7.83. The van der Waals surface area contributed by atoms with Gasteiger partial charge in [0.1, 0.15) is 0 Å². The fourth-order valence-corrected chi connectivity index (χ4v) is 6.00. The van der Waals surface area contributed by atoms with Crippen LogP contribution in [0.15, 0.2) is 91.0 Å². The standard InChI is InChI=1S/C30H27N5O5/c36-28-27(32-30(38)31-22-7-6-10-24(17-22)35(39)40)29(37)34(23-8-2-1-3-9-23)26-12-5-4-11-25(26)33(28)18-21-16-19-13-14-20(21)15-19/h1-14,17,19-21,27H,15-16,18H2,(H2,31,32,38). The van der Waals surface area contributed by atoms with Crippen LogP contribution in [0.3, 0.4) is 0 Å². The number of hydrogen-bond acceptors (Lipinski definition) is 5.